The van der Waals surface area contributed by atoms with Crippen LogP contribution < -0.4 is 0 Å². The van der Waals surface area contributed by atoms with Crippen LogP contribution in [0.5, 0.6) is 0 Å². The predicted molar refractivity (Wildman–Crippen MR) is 90.8 cm³/mol. The fraction of sp³-hybridized carbons (Fsp3) is 0.632. The van der Waals surface area contributed by atoms with E-state index in [1.807, 2.05) is 11.0 Å². The molecule has 132 valence electrons. The van der Waals surface area contributed by atoms with Gasteiger partial charge in [-0.2, -0.15) is 0 Å². The number of piperidine rings is 1. The number of aliphatic hydroxyl groups excluding tert-OH is 1. The van der Waals surface area contributed by atoms with E-state index in [-0.39, 0.29) is 29.7 Å². The van der Waals surface area contributed by atoms with Crippen molar-refractivity contribution in [3.63, 3.8) is 0 Å². The Kier molecular flexibility index (Phi) is 5.51. The molecule has 3 atom stereocenters. The number of hydrogen-bond acceptors (Lipinski definition) is 3. The number of rotatable bonds is 4. The molecule has 24 heavy (non-hydrogen) atoms. The molecule has 2 saturated heterocycles. The van der Waals surface area contributed by atoms with Crippen molar-refractivity contribution in [2.45, 2.75) is 38.8 Å². The van der Waals surface area contributed by atoms with E-state index in [0.29, 0.717) is 13.1 Å². The maximum atomic E-state index is 13.3. The van der Waals surface area contributed by atoms with Crippen molar-refractivity contribution in [1.82, 2.24) is 9.80 Å². The zero-order valence-electron chi connectivity index (χ0n) is 14.3. The summed E-state index contributed by atoms with van der Waals surface area (Å²) in [4.78, 5) is 17.0. The average molecular weight is 334 g/mol. The van der Waals surface area contributed by atoms with Gasteiger partial charge in [0.05, 0.1) is 12.0 Å². The first kappa shape index (κ1) is 17.4. The van der Waals surface area contributed by atoms with Gasteiger partial charge in [-0.3, -0.25) is 9.69 Å². The topological polar surface area (TPSA) is 43.8 Å². The van der Waals surface area contributed by atoms with Gasteiger partial charge in [-0.25, -0.2) is 4.39 Å². The third-order valence-electron chi connectivity index (χ3n) is 5.37. The van der Waals surface area contributed by atoms with Crippen LogP contribution in [0.3, 0.4) is 0 Å². The monoisotopic (exact) mass is 334 g/mol. The summed E-state index contributed by atoms with van der Waals surface area (Å²) in [7, 11) is 0. The first-order valence-corrected chi connectivity index (χ1v) is 8.96. The molecule has 0 aliphatic carbocycles. The van der Waals surface area contributed by atoms with Crippen molar-refractivity contribution in [1.29, 1.82) is 0 Å². The SMILES string of the molecule is CC(O)C1CCN(C(=O)C2CCCN(Cc3cccc(F)c3)C2)C1. The second-order valence-electron chi connectivity index (χ2n) is 7.28. The van der Waals surface area contributed by atoms with Gasteiger partial charge in [0.2, 0.25) is 5.91 Å². The minimum Gasteiger partial charge on any atom is -0.393 e. The summed E-state index contributed by atoms with van der Waals surface area (Å²) in [6.07, 6.45) is 2.47. The van der Waals surface area contributed by atoms with Crippen LogP contribution in [0.25, 0.3) is 0 Å². The highest BCUT2D eigenvalue weighted by atomic mass is 19.1. The lowest BCUT2D eigenvalue weighted by atomic mass is 9.96. The lowest BCUT2D eigenvalue weighted by Gasteiger charge is -2.34. The number of carbonyl (C=O) groups excluding carboxylic acids is 1. The first-order valence-electron chi connectivity index (χ1n) is 8.96. The fourth-order valence-electron chi connectivity index (χ4n) is 3.93. The molecule has 1 aromatic rings. The summed E-state index contributed by atoms with van der Waals surface area (Å²) in [5, 5.41) is 9.71. The maximum absolute atomic E-state index is 13.3. The summed E-state index contributed by atoms with van der Waals surface area (Å²) in [6.45, 7) is 5.63. The summed E-state index contributed by atoms with van der Waals surface area (Å²) >= 11 is 0. The maximum Gasteiger partial charge on any atom is 0.226 e. The zero-order chi connectivity index (χ0) is 17.1. The van der Waals surface area contributed by atoms with Gasteiger partial charge in [-0.1, -0.05) is 12.1 Å². The van der Waals surface area contributed by atoms with Crippen molar-refractivity contribution in [3.8, 4) is 0 Å². The van der Waals surface area contributed by atoms with Gasteiger partial charge < -0.3 is 10.0 Å². The van der Waals surface area contributed by atoms with E-state index in [2.05, 4.69) is 4.90 Å². The molecule has 4 nitrogen and oxygen atoms in total. The van der Waals surface area contributed by atoms with Crippen LogP contribution in [0.2, 0.25) is 0 Å². The van der Waals surface area contributed by atoms with E-state index in [9.17, 15) is 14.3 Å². The van der Waals surface area contributed by atoms with Gasteiger partial charge in [-0.15, -0.1) is 0 Å². The Morgan fingerprint density at radius 3 is 2.88 bits per heavy atom. The number of aliphatic hydroxyl groups is 1. The normalized spacial score (nSPS) is 26.5. The molecule has 1 aromatic carbocycles. The second-order valence-corrected chi connectivity index (χ2v) is 7.28. The molecule has 0 spiro atoms. The lowest BCUT2D eigenvalue weighted by molar-refractivity contribution is -0.136. The molecule has 0 bridgehead atoms. The zero-order valence-corrected chi connectivity index (χ0v) is 14.3. The summed E-state index contributed by atoms with van der Waals surface area (Å²) in [5.41, 5.74) is 0.957. The molecule has 1 amide bonds. The first-order chi connectivity index (χ1) is 11.5. The van der Waals surface area contributed by atoms with Gasteiger partial charge >= 0.3 is 0 Å². The molecule has 5 heteroatoms. The Morgan fingerprint density at radius 1 is 1.33 bits per heavy atom. The highest BCUT2D eigenvalue weighted by molar-refractivity contribution is 5.79. The third kappa shape index (κ3) is 4.14. The molecule has 2 fully saturated rings. The Hall–Kier alpha value is -1.46. The summed E-state index contributed by atoms with van der Waals surface area (Å²) in [6, 6.07) is 6.69. The van der Waals surface area contributed by atoms with Crippen molar-refractivity contribution in [2.75, 3.05) is 26.2 Å². The number of likely N-dealkylation sites (tertiary alicyclic amines) is 2. The Morgan fingerprint density at radius 2 is 2.17 bits per heavy atom. The molecule has 2 heterocycles. The van der Waals surface area contributed by atoms with Gasteiger partial charge in [0, 0.05) is 32.1 Å². The van der Waals surface area contributed by atoms with Crippen LogP contribution in [0.1, 0.15) is 31.7 Å². The summed E-state index contributed by atoms with van der Waals surface area (Å²) in [5.74, 6) is 0.251. The number of nitrogens with zero attached hydrogens (tertiary/aromatic N) is 2. The highest BCUT2D eigenvalue weighted by Crippen LogP contribution is 2.25. The van der Waals surface area contributed by atoms with E-state index in [0.717, 1.165) is 44.5 Å². The largest absolute Gasteiger partial charge is 0.393 e. The molecule has 2 aliphatic heterocycles. The third-order valence-corrected chi connectivity index (χ3v) is 5.37. The lowest BCUT2D eigenvalue weighted by Crippen LogP contribution is -2.44. The van der Waals surface area contributed by atoms with Crippen molar-refractivity contribution >= 4 is 5.91 Å². The Balaban J connectivity index is 1.56. The molecular weight excluding hydrogens is 307 g/mol. The van der Waals surface area contributed by atoms with Gasteiger partial charge in [0.15, 0.2) is 0 Å². The minimum absolute atomic E-state index is 0.0278. The molecule has 0 aromatic heterocycles. The van der Waals surface area contributed by atoms with E-state index in [1.165, 1.54) is 6.07 Å². The second kappa shape index (κ2) is 7.62. The van der Waals surface area contributed by atoms with Crippen molar-refractivity contribution < 1.29 is 14.3 Å². The Labute approximate surface area is 143 Å². The quantitative estimate of drug-likeness (QED) is 0.919. The number of amides is 1. The van der Waals surface area contributed by atoms with E-state index in [1.54, 1.807) is 19.1 Å². The van der Waals surface area contributed by atoms with Crippen LogP contribution in [-0.2, 0) is 11.3 Å². The molecule has 0 radical (unpaired) electrons. The molecular formula is C19H27FN2O2. The number of benzene rings is 1. The van der Waals surface area contributed by atoms with Crippen LogP contribution in [0.4, 0.5) is 4.39 Å². The smallest absolute Gasteiger partial charge is 0.226 e. The molecule has 0 saturated carbocycles. The standard InChI is InChI=1S/C19H27FN2O2/c1-14(23)16-7-9-22(13-16)19(24)17-5-3-8-21(12-17)11-15-4-2-6-18(20)10-15/h2,4,6,10,14,16-17,23H,3,5,7-9,11-13H2,1H3. The highest BCUT2D eigenvalue weighted by Gasteiger charge is 2.34. The molecule has 3 unspecified atom stereocenters. The van der Waals surface area contributed by atoms with Gasteiger partial charge in [0.1, 0.15) is 5.82 Å². The van der Waals surface area contributed by atoms with E-state index in [4.69, 9.17) is 0 Å². The predicted octanol–water partition coefficient (Wildman–Crippen LogP) is 2.27. The van der Waals surface area contributed by atoms with Gasteiger partial charge in [0.25, 0.3) is 0 Å². The van der Waals surface area contributed by atoms with Gasteiger partial charge in [-0.05, 0) is 50.4 Å². The van der Waals surface area contributed by atoms with Crippen LogP contribution >= 0.6 is 0 Å². The number of carbonyl (C=O) groups is 1. The molecule has 2 aliphatic rings. The molecule has 3 rings (SSSR count). The minimum atomic E-state index is -0.348. The molecule has 1 N–H and O–H groups in total. The van der Waals surface area contributed by atoms with Crippen molar-refractivity contribution in [2.24, 2.45) is 11.8 Å². The van der Waals surface area contributed by atoms with E-state index < -0.39 is 0 Å². The number of hydrogen-bond donors (Lipinski definition) is 1. The van der Waals surface area contributed by atoms with Crippen LogP contribution in [0, 0.1) is 17.7 Å². The van der Waals surface area contributed by atoms with E-state index >= 15 is 0 Å². The fourth-order valence-corrected chi connectivity index (χ4v) is 3.93. The van der Waals surface area contributed by atoms with Crippen molar-refractivity contribution in [3.05, 3.63) is 35.6 Å². The summed E-state index contributed by atoms with van der Waals surface area (Å²) < 4.78 is 13.3. The Bertz CT molecular complexity index is 578. The average Bonchev–Trinajstić information content (AvgIpc) is 3.05. The number of halogens is 1. The van der Waals surface area contributed by atoms with Crippen LogP contribution in [0.15, 0.2) is 24.3 Å². The van der Waals surface area contributed by atoms with Crippen LogP contribution in [-0.4, -0.2) is 53.1 Å².